The van der Waals surface area contributed by atoms with Crippen molar-refractivity contribution in [2.75, 3.05) is 18.4 Å². The van der Waals surface area contributed by atoms with Crippen LogP contribution in [0.15, 0.2) is 49.1 Å². The van der Waals surface area contributed by atoms with Gasteiger partial charge in [-0.05, 0) is 30.5 Å². The number of rotatable bonds is 2. The number of H-pyrrole nitrogens is 1. The number of carbonyl (C=O) groups excluding carboxylic acids is 1. The molecule has 1 saturated heterocycles. The minimum atomic E-state index is -0.120. The fourth-order valence-electron chi connectivity index (χ4n) is 3.98. The van der Waals surface area contributed by atoms with Gasteiger partial charge in [-0.15, -0.1) is 0 Å². The number of hydrogen-bond acceptors (Lipinski definition) is 4. The summed E-state index contributed by atoms with van der Waals surface area (Å²) in [6, 6.07) is 7.37. The Labute approximate surface area is 161 Å². The summed E-state index contributed by atoms with van der Waals surface area (Å²) in [4.78, 5) is 31.1. The molecule has 142 valence electrons. The fraction of sp³-hybridized carbons (Fsp3) is 0.300. The Balaban J connectivity index is 1.45. The summed E-state index contributed by atoms with van der Waals surface area (Å²) in [6.07, 6.45) is 8.17. The predicted octanol–water partition coefficient (Wildman–Crippen LogP) is 3.26. The highest BCUT2D eigenvalue weighted by Gasteiger charge is 2.33. The molecule has 4 aromatic rings. The molecule has 0 aromatic carbocycles. The highest BCUT2D eigenvalue weighted by atomic mass is 16.2. The Morgan fingerprint density at radius 2 is 2.11 bits per heavy atom. The molecule has 0 spiro atoms. The Bertz CT molecular complexity index is 1130. The number of likely N-dealkylation sites (tertiary alicyclic amines) is 1. The van der Waals surface area contributed by atoms with E-state index in [1.54, 1.807) is 12.3 Å². The van der Waals surface area contributed by atoms with E-state index in [1.165, 1.54) is 0 Å². The third-order valence-electron chi connectivity index (χ3n) is 5.56. The van der Waals surface area contributed by atoms with Crippen molar-refractivity contribution in [1.82, 2.24) is 29.2 Å². The van der Waals surface area contributed by atoms with Crippen LogP contribution in [0.25, 0.3) is 16.7 Å². The van der Waals surface area contributed by atoms with E-state index in [0.29, 0.717) is 18.3 Å². The maximum Gasteiger partial charge on any atom is 0.323 e. The van der Waals surface area contributed by atoms with E-state index in [2.05, 4.69) is 31.6 Å². The highest BCUT2D eigenvalue weighted by molar-refractivity contribution is 5.88. The molecule has 8 nitrogen and oxygen atoms in total. The zero-order valence-corrected chi connectivity index (χ0v) is 15.5. The first kappa shape index (κ1) is 16.7. The molecule has 28 heavy (non-hydrogen) atoms. The standard InChI is InChI=1S/C20H21N7O/c1-13-6-9-26(20(28)25-17-4-2-3-7-21-17)12-15(13)19-24-11-14-10-23-18-16(27(14)19)5-8-22-18/h2-5,7-8,10-11,13,15,22H,6,9,12H2,1H3,(H,21,25,28)/t13-,15?/m1/s1. The van der Waals surface area contributed by atoms with E-state index in [4.69, 9.17) is 4.98 Å². The predicted molar refractivity (Wildman–Crippen MR) is 106 cm³/mol. The fourth-order valence-corrected chi connectivity index (χ4v) is 3.98. The molecule has 2 N–H and O–H groups in total. The van der Waals surface area contributed by atoms with Crippen molar-refractivity contribution >= 4 is 28.5 Å². The minimum absolute atomic E-state index is 0.120. The van der Waals surface area contributed by atoms with Crippen molar-refractivity contribution in [2.45, 2.75) is 19.3 Å². The van der Waals surface area contributed by atoms with E-state index < -0.39 is 0 Å². The molecule has 4 aromatic heterocycles. The second-order valence-electron chi connectivity index (χ2n) is 7.31. The molecule has 5 rings (SSSR count). The number of carbonyl (C=O) groups is 1. The van der Waals surface area contributed by atoms with Gasteiger partial charge in [-0.25, -0.2) is 19.7 Å². The van der Waals surface area contributed by atoms with Crippen molar-refractivity contribution in [3.05, 3.63) is 54.9 Å². The number of aromatic nitrogens is 5. The van der Waals surface area contributed by atoms with Crippen LogP contribution in [0, 0.1) is 5.92 Å². The zero-order valence-electron chi connectivity index (χ0n) is 15.5. The largest absolute Gasteiger partial charge is 0.345 e. The van der Waals surface area contributed by atoms with Crippen LogP contribution in [-0.4, -0.2) is 48.4 Å². The molecule has 5 heterocycles. The number of fused-ring (bicyclic) bond motifs is 3. The number of amides is 2. The van der Waals surface area contributed by atoms with Crippen LogP contribution in [-0.2, 0) is 0 Å². The van der Waals surface area contributed by atoms with Gasteiger partial charge < -0.3 is 9.88 Å². The number of anilines is 1. The number of nitrogens with one attached hydrogen (secondary N) is 2. The summed E-state index contributed by atoms with van der Waals surface area (Å²) in [6.45, 7) is 3.57. The molecule has 1 aliphatic rings. The number of hydrogen-bond donors (Lipinski definition) is 2. The molecular weight excluding hydrogens is 354 g/mol. The van der Waals surface area contributed by atoms with Crippen LogP contribution in [0.3, 0.4) is 0 Å². The van der Waals surface area contributed by atoms with Crippen molar-refractivity contribution in [3.8, 4) is 0 Å². The van der Waals surface area contributed by atoms with Gasteiger partial charge in [-0.1, -0.05) is 13.0 Å². The van der Waals surface area contributed by atoms with Gasteiger partial charge >= 0.3 is 6.03 Å². The van der Waals surface area contributed by atoms with Crippen LogP contribution < -0.4 is 5.32 Å². The normalized spacial score (nSPS) is 20.0. The number of nitrogens with zero attached hydrogens (tertiary/aromatic N) is 5. The van der Waals surface area contributed by atoms with Gasteiger partial charge in [0.2, 0.25) is 0 Å². The van der Waals surface area contributed by atoms with Crippen molar-refractivity contribution in [1.29, 1.82) is 0 Å². The summed E-state index contributed by atoms with van der Waals surface area (Å²) in [5.41, 5.74) is 2.80. The second-order valence-corrected chi connectivity index (χ2v) is 7.31. The van der Waals surface area contributed by atoms with Gasteiger partial charge in [0.1, 0.15) is 11.6 Å². The number of urea groups is 1. The van der Waals surface area contributed by atoms with Gasteiger partial charge in [-0.2, -0.15) is 0 Å². The quantitative estimate of drug-likeness (QED) is 0.563. The first-order valence-corrected chi connectivity index (χ1v) is 9.47. The molecule has 0 aliphatic carbocycles. The molecule has 1 fully saturated rings. The molecule has 1 unspecified atom stereocenters. The second kappa shape index (κ2) is 6.63. The number of pyridine rings is 1. The van der Waals surface area contributed by atoms with Crippen LogP contribution >= 0.6 is 0 Å². The summed E-state index contributed by atoms with van der Waals surface area (Å²) < 4.78 is 2.15. The molecule has 0 bridgehead atoms. The molecule has 0 radical (unpaired) electrons. The average Bonchev–Trinajstić information content (AvgIpc) is 3.35. The minimum Gasteiger partial charge on any atom is -0.345 e. The van der Waals surface area contributed by atoms with Crippen molar-refractivity contribution in [2.24, 2.45) is 5.92 Å². The SMILES string of the molecule is C[C@@H]1CCN(C(=O)Nc2ccccn2)CC1c1ncc2cnc3[nH]ccc3n12. The van der Waals surface area contributed by atoms with E-state index >= 15 is 0 Å². The molecular formula is C20H21N7O. The average molecular weight is 375 g/mol. The lowest BCUT2D eigenvalue weighted by Gasteiger charge is -2.36. The maximum absolute atomic E-state index is 12.8. The third-order valence-corrected chi connectivity index (χ3v) is 5.56. The first-order valence-electron chi connectivity index (χ1n) is 9.47. The Hall–Kier alpha value is -3.42. The summed E-state index contributed by atoms with van der Waals surface area (Å²) in [7, 11) is 0. The van der Waals surface area contributed by atoms with E-state index in [-0.39, 0.29) is 11.9 Å². The lowest BCUT2D eigenvalue weighted by Crippen LogP contribution is -2.44. The van der Waals surface area contributed by atoms with Crippen LogP contribution in [0.4, 0.5) is 10.6 Å². The summed E-state index contributed by atoms with van der Waals surface area (Å²) in [5.74, 6) is 2.11. The topological polar surface area (TPSA) is 91.2 Å². The summed E-state index contributed by atoms with van der Waals surface area (Å²) in [5, 5.41) is 2.89. The van der Waals surface area contributed by atoms with Crippen LogP contribution in [0.5, 0.6) is 0 Å². The van der Waals surface area contributed by atoms with Gasteiger partial charge in [-0.3, -0.25) is 9.72 Å². The Morgan fingerprint density at radius 3 is 2.96 bits per heavy atom. The molecule has 0 saturated carbocycles. The van der Waals surface area contributed by atoms with Crippen LogP contribution in [0.2, 0.25) is 0 Å². The van der Waals surface area contributed by atoms with Crippen molar-refractivity contribution in [3.63, 3.8) is 0 Å². The van der Waals surface area contributed by atoms with Gasteiger partial charge in [0.15, 0.2) is 5.65 Å². The third kappa shape index (κ3) is 2.77. The Kier molecular flexibility index (Phi) is 3.96. The number of piperidine rings is 1. The van der Waals surface area contributed by atoms with Gasteiger partial charge in [0, 0.05) is 31.4 Å². The van der Waals surface area contributed by atoms with Crippen molar-refractivity contribution < 1.29 is 4.79 Å². The highest BCUT2D eigenvalue weighted by Crippen LogP contribution is 2.33. The lowest BCUT2D eigenvalue weighted by atomic mass is 9.86. The van der Waals surface area contributed by atoms with Crippen LogP contribution in [0.1, 0.15) is 25.1 Å². The van der Waals surface area contributed by atoms with E-state index in [9.17, 15) is 4.79 Å². The molecule has 2 atom stereocenters. The van der Waals surface area contributed by atoms with Gasteiger partial charge in [0.25, 0.3) is 0 Å². The molecule has 1 aliphatic heterocycles. The zero-order chi connectivity index (χ0) is 19.1. The smallest absolute Gasteiger partial charge is 0.323 e. The van der Waals surface area contributed by atoms with Gasteiger partial charge in [0.05, 0.1) is 23.4 Å². The van der Waals surface area contributed by atoms with E-state index in [0.717, 1.165) is 35.5 Å². The number of imidazole rings is 1. The monoisotopic (exact) mass is 375 g/mol. The molecule has 8 heteroatoms. The maximum atomic E-state index is 12.8. The van der Waals surface area contributed by atoms with E-state index in [1.807, 2.05) is 41.7 Å². The molecule has 2 amide bonds. The number of aromatic amines is 1. The first-order chi connectivity index (χ1) is 13.7. The Morgan fingerprint density at radius 1 is 1.21 bits per heavy atom. The lowest BCUT2D eigenvalue weighted by molar-refractivity contribution is 0.170. The summed E-state index contributed by atoms with van der Waals surface area (Å²) >= 11 is 0.